The molecule has 0 aromatic carbocycles. The Morgan fingerprint density at radius 1 is 1.16 bits per heavy atom. The van der Waals surface area contributed by atoms with E-state index in [1.807, 2.05) is 20.8 Å². The van der Waals surface area contributed by atoms with Crippen molar-refractivity contribution in [3.05, 3.63) is 0 Å². The monoisotopic (exact) mass is 268 g/mol. The Balaban J connectivity index is 1.91. The molecule has 1 saturated heterocycles. The minimum atomic E-state index is -0.426. The molecule has 0 aromatic rings. The van der Waals surface area contributed by atoms with E-state index in [2.05, 4.69) is 0 Å². The van der Waals surface area contributed by atoms with E-state index in [-0.39, 0.29) is 12.1 Å². The van der Waals surface area contributed by atoms with Crippen LogP contribution >= 0.6 is 0 Å². The molecule has 2 unspecified atom stereocenters. The lowest BCUT2D eigenvalue weighted by atomic mass is 9.78. The molecule has 1 heterocycles. The number of hydrogen-bond acceptors (Lipinski definition) is 3. The number of nitrogens with two attached hydrogens (primary N) is 1. The van der Waals surface area contributed by atoms with Gasteiger partial charge in [-0.1, -0.05) is 32.1 Å². The van der Waals surface area contributed by atoms with Crippen molar-refractivity contribution in [1.82, 2.24) is 4.90 Å². The molecule has 110 valence electrons. The summed E-state index contributed by atoms with van der Waals surface area (Å²) < 4.78 is 5.44. The summed E-state index contributed by atoms with van der Waals surface area (Å²) in [7, 11) is 0. The lowest BCUT2D eigenvalue weighted by molar-refractivity contribution is 0.0280. The Labute approximate surface area is 116 Å². The molecule has 19 heavy (non-hydrogen) atoms. The maximum atomic E-state index is 12.1. The Bertz CT molecular complexity index is 319. The van der Waals surface area contributed by atoms with Crippen LogP contribution in [0.1, 0.15) is 52.9 Å². The van der Waals surface area contributed by atoms with E-state index in [4.69, 9.17) is 10.5 Å². The van der Waals surface area contributed by atoms with Gasteiger partial charge in [0.15, 0.2) is 0 Å². The van der Waals surface area contributed by atoms with Gasteiger partial charge >= 0.3 is 6.09 Å². The number of ether oxygens (including phenoxy) is 1. The number of likely N-dealkylation sites (tertiary alicyclic amines) is 1. The van der Waals surface area contributed by atoms with Crippen LogP contribution in [-0.2, 0) is 4.74 Å². The van der Waals surface area contributed by atoms with E-state index in [1.165, 1.54) is 32.1 Å². The highest BCUT2D eigenvalue weighted by Crippen LogP contribution is 2.35. The average Bonchev–Trinajstić information content (AvgIpc) is 2.70. The van der Waals surface area contributed by atoms with Crippen molar-refractivity contribution in [2.24, 2.45) is 17.6 Å². The third kappa shape index (κ3) is 3.85. The van der Waals surface area contributed by atoms with Crippen molar-refractivity contribution in [2.75, 3.05) is 13.1 Å². The van der Waals surface area contributed by atoms with Gasteiger partial charge < -0.3 is 15.4 Å². The Hall–Kier alpha value is -0.770. The van der Waals surface area contributed by atoms with Crippen molar-refractivity contribution in [1.29, 1.82) is 0 Å². The molecule has 4 heteroatoms. The molecule has 0 aromatic heterocycles. The van der Waals surface area contributed by atoms with Gasteiger partial charge in [-0.2, -0.15) is 0 Å². The van der Waals surface area contributed by atoms with Gasteiger partial charge in [-0.05, 0) is 32.6 Å². The van der Waals surface area contributed by atoms with Crippen LogP contribution in [0, 0.1) is 11.8 Å². The van der Waals surface area contributed by atoms with Crippen LogP contribution < -0.4 is 5.73 Å². The molecule has 2 rings (SSSR count). The van der Waals surface area contributed by atoms with Crippen LogP contribution in [0.2, 0.25) is 0 Å². The van der Waals surface area contributed by atoms with Gasteiger partial charge in [0.2, 0.25) is 0 Å². The third-order valence-corrected chi connectivity index (χ3v) is 4.32. The van der Waals surface area contributed by atoms with Crippen LogP contribution in [-0.4, -0.2) is 35.7 Å². The number of carbonyl (C=O) groups excluding carboxylic acids is 1. The molecule has 4 nitrogen and oxygen atoms in total. The predicted molar refractivity (Wildman–Crippen MR) is 75.8 cm³/mol. The fraction of sp³-hybridized carbons (Fsp3) is 0.933. The van der Waals surface area contributed by atoms with Crippen molar-refractivity contribution < 1.29 is 9.53 Å². The zero-order valence-electron chi connectivity index (χ0n) is 12.5. The number of carbonyl (C=O) groups is 1. The molecule has 0 bridgehead atoms. The summed E-state index contributed by atoms with van der Waals surface area (Å²) in [5.74, 6) is 1.17. The first-order chi connectivity index (χ1) is 8.87. The summed E-state index contributed by atoms with van der Waals surface area (Å²) in [6.07, 6.45) is 6.34. The van der Waals surface area contributed by atoms with E-state index < -0.39 is 5.60 Å². The van der Waals surface area contributed by atoms with Crippen LogP contribution in [0.25, 0.3) is 0 Å². The quantitative estimate of drug-likeness (QED) is 0.795. The highest BCUT2D eigenvalue weighted by molar-refractivity contribution is 5.68. The zero-order chi connectivity index (χ0) is 14.0. The molecule has 1 aliphatic carbocycles. The lowest BCUT2D eigenvalue weighted by Crippen LogP contribution is -2.36. The number of rotatable bonds is 1. The largest absolute Gasteiger partial charge is 0.444 e. The maximum absolute atomic E-state index is 12.1. The summed E-state index contributed by atoms with van der Waals surface area (Å²) in [5.41, 5.74) is 5.83. The Kier molecular flexibility index (Phi) is 4.39. The molecule has 0 radical (unpaired) electrons. The van der Waals surface area contributed by atoms with Crippen molar-refractivity contribution >= 4 is 6.09 Å². The van der Waals surface area contributed by atoms with E-state index in [9.17, 15) is 4.79 Å². The fourth-order valence-corrected chi connectivity index (χ4v) is 3.39. The second-order valence-corrected chi connectivity index (χ2v) is 7.11. The van der Waals surface area contributed by atoms with Gasteiger partial charge in [-0.3, -0.25) is 0 Å². The molecular weight excluding hydrogens is 240 g/mol. The molecule has 2 fully saturated rings. The molecule has 2 atom stereocenters. The minimum absolute atomic E-state index is 0.121. The third-order valence-electron chi connectivity index (χ3n) is 4.32. The second-order valence-electron chi connectivity index (χ2n) is 7.11. The van der Waals surface area contributed by atoms with Crippen molar-refractivity contribution in [2.45, 2.75) is 64.5 Å². The van der Waals surface area contributed by atoms with E-state index in [0.29, 0.717) is 18.4 Å². The van der Waals surface area contributed by atoms with Gasteiger partial charge in [0.25, 0.3) is 0 Å². The molecule has 1 amide bonds. The summed E-state index contributed by atoms with van der Waals surface area (Å²) >= 11 is 0. The second kappa shape index (κ2) is 5.70. The molecule has 1 aliphatic heterocycles. The SMILES string of the molecule is CC(C)(C)OC(=O)N1CC(N)C(C2CCCCC2)C1. The number of hydrogen-bond donors (Lipinski definition) is 1. The summed E-state index contributed by atoms with van der Waals surface area (Å²) in [6.45, 7) is 7.13. The first-order valence-electron chi connectivity index (χ1n) is 7.60. The van der Waals surface area contributed by atoms with E-state index in [1.54, 1.807) is 4.90 Å². The average molecular weight is 268 g/mol. The van der Waals surface area contributed by atoms with Crippen LogP contribution in [0.4, 0.5) is 4.79 Å². The Morgan fingerprint density at radius 3 is 2.37 bits per heavy atom. The van der Waals surface area contributed by atoms with E-state index in [0.717, 1.165) is 6.54 Å². The van der Waals surface area contributed by atoms with E-state index >= 15 is 0 Å². The van der Waals surface area contributed by atoms with Gasteiger partial charge in [-0.15, -0.1) is 0 Å². The molecule has 1 saturated carbocycles. The maximum Gasteiger partial charge on any atom is 0.410 e. The zero-order valence-corrected chi connectivity index (χ0v) is 12.5. The van der Waals surface area contributed by atoms with Crippen LogP contribution in [0.3, 0.4) is 0 Å². The standard InChI is InChI=1S/C15H28N2O2/c1-15(2,3)19-14(18)17-9-12(13(16)10-17)11-7-5-4-6-8-11/h11-13H,4-10,16H2,1-3H3. The minimum Gasteiger partial charge on any atom is -0.444 e. The molecular formula is C15H28N2O2. The Morgan fingerprint density at radius 2 is 1.79 bits per heavy atom. The first-order valence-corrected chi connectivity index (χ1v) is 7.60. The number of nitrogens with zero attached hydrogens (tertiary/aromatic N) is 1. The molecule has 0 spiro atoms. The summed E-state index contributed by atoms with van der Waals surface area (Å²) in [5, 5.41) is 0. The smallest absolute Gasteiger partial charge is 0.410 e. The summed E-state index contributed by atoms with van der Waals surface area (Å²) in [4.78, 5) is 13.9. The normalized spacial score (nSPS) is 29.6. The number of amides is 1. The van der Waals surface area contributed by atoms with Crippen LogP contribution in [0.5, 0.6) is 0 Å². The van der Waals surface area contributed by atoms with Gasteiger partial charge in [0.1, 0.15) is 5.60 Å². The molecule has 2 N–H and O–H groups in total. The first kappa shape index (κ1) is 14.6. The fourth-order valence-electron chi connectivity index (χ4n) is 3.39. The van der Waals surface area contributed by atoms with Crippen molar-refractivity contribution in [3.63, 3.8) is 0 Å². The van der Waals surface area contributed by atoms with Gasteiger partial charge in [-0.25, -0.2) is 4.79 Å². The molecule has 2 aliphatic rings. The predicted octanol–water partition coefficient (Wildman–Crippen LogP) is 2.76. The van der Waals surface area contributed by atoms with Crippen LogP contribution in [0.15, 0.2) is 0 Å². The summed E-state index contributed by atoms with van der Waals surface area (Å²) in [6, 6.07) is 0.121. The van der Waals surface area contributed by atoms with Crippen molar-refractivity contribution in [3.8, 4) is 0 Å². The van der Waals surface area contributed by atoms with Gasteiger partial charge in [0, 0.05) is 19.1 Å². The topological polar surface area (TPSA) is 55.6 Å². The lowest BCUT2D eigenvalue weighted by Gasteiger charge is -2.29. The highest BCUT2D eigenvalue weighted by atomic mass is 16.6. The van der Waals surface area contributed by atoms with Gasteiger partial charge in [0.05, 0.1) is 0 Å². The highest BCUT2D eigenvalue weighted by Gasteiger charge is 2.39.